The molecule has 6 unspecified atom stereocenters. The summed E-state index contributed by atoms with van der Waals surface area (Å²) in [6.45, 7) is 6.72. The molecule has 100 valence electrons. The third kappa shape index (κ3) is 1.36. The predicted molar refractivity (Wildman–Crippen MR) is 71.9 cm³/mol. The minimum absolute atomic E-state index is 0.0481. The maximum absolute atomic E-state index is 10.4. The number of hydrogen-bond donors (Lipinski definition) is 2. The van der Waals surface area contributed by atoms with Crippen LogP contribution in [0.15, 0.2) is 24.3 Å². The number of aliphatic hydroxyl groups excluding tert-OH is 2. The molecule has 0 aliphatic heterocycles. The average Bonchev–Trinajstić information content (AvgIpc) is 2.34. The largest absolute Gasteiger partial charge is 0.389 e. The Kier molecular flexibility index (Phi) is 2.56. The molecule has 6 atom stereocenters. The van der Waals surface area contributed by atoms with Gasteiger partial charge in [-0.15, -0.1) is 0 Å². The van der Waals surface area contributed by atoms with Crippen molar-refractivity contribution < 1.29 is 10.2 Å². The Labute approximate surface area is 109 Å². The smallest absolute Gasteiger partial charge is 0.0762 e. The highest BCUT2D eigenvalue weighted by atomic mass is 16.3. The summed E-state index contributed by atoms with van der Waals surface area (Å²) in [7, 11) is 0. The van der Waals surface area contributed by atoms with Crippen LogP contribution in [-0.2, 0) is 0 Å². The highest BCUT2D eigenvalue weighted by Crippen LogP contribution is 2.64. The van der Waals surface area contributed by atoms with Crippen molar-refractivity contribution in [1.29, 1.82) is 0 Å². The van der Waals surface area contributed by atoms with Crippen LogP contribution < -0.4 is 0 Å². The monoisotopic (exact) mass is 248 g/mol. The minimum atomic E-state index is -0.412. The SMILES string of the molecule is CC(C)C12C=CC(C)(CC1)C1C(O)C=CC(O)C12. The van der Waals surface area contributed by atoms with Crippen LogP contribution in [0.4, 0.5) is 0 Å². The highest BCUT2D eigenvalue weighted by Gasteiger charge is 2.60. The van der Waals surface area contributed by atoms with E-state index in [1.54, 1.807) is 12.2 Å². The van der Waals surface area contributed by atoms with Gasteiger partial charge in [-0.3, -0.25) is 0 Å². The standard InChI is InChI=1S/C16H24O2/c1-10(2)16-8-6-15(3,7-9-16)13-11(17)4-5-12(18)14(13)16/h4-6,8,10-14,17-18H,7,9H2,1-3H3. The van der Waals surface area contributed by atoms with E-state index >= 15 is 0 Å². The number of hydrogen-bond acceptors (Lipinski definition) is 2. The topological polar surface area (TPSA) is 40.5 Å². The Balaban J connectivity index is 2.15. The van der Waals surface area contributed by atoms with Gasteiger partial charge in [0.25, 0.3) is 0 Å². The Bertz CT molecular complexity index is 411. The Morgan fingerprint density at radius 3 is 2.11 bits per heavy atom. The summed E-state index contributed by atoms with van der Waals surface area (Å²) >= 11 is 0. The first-order valence-corrected chi connectivity index (χ1v) is 7.15. The van der Waals surface area contributed by atoms with Crippen LogP contribution in [0.25, 0.3) is 0 Å². The molecule has 0 radical (unpaired) electrons. The Hall–Kier alpha value is -0.600. The lowest BCUT2D eigenvalue weighted by Gasteiger charge is -2.62. The Morgan fingerprint density at radius 1 is 1.00 bits per heavy atom. The van der Waals surface area contributed by atoms with E-state index in [0.717, 1.165) is 12.8 Å². The lowest BCUT2D eigenvalue weighted by molar-refractivity contribution is -0.127. The fourth-order valence-corrected chi connectivity index (χ4v) is 4.76. The molecule has 2 nitrogen and oxygen atoms in total. The van der Waals surface area contributed by atoms with Gasteiger partial charge in [-0.2, -0.15) is 0 Å². The first kappa shape index (κ1) is 12.4. The number of aliphatic hydroxyl groups is 2. The molecule has 1 saturated carbocycles. The third-order valence-corrected chi connectivity index (χ3v) is 5.96. The van der Waals surface area contributed by atoms with Crippen molar-refractivity contribution in [3.63, 3.8) is 0 Å². The lowest BCUT2D eigenvalue weighted by Crippen LogP contribution is -2.60. The molecule has 1 fully saturated rings. The van der Waals surface area contributed by atoms with Gasteiger partial charge in [-0.25, -0.2) is 0 Å². The van der Waals surface area contributed by atoms with Gasteiger partial charge < -0.3 is 10.2 Å². The van der Waals surface area contributed by atoms with Crippen molar-refractivity contribution in [2.45, 2.75) is 45.8 Å². The molecule has 0 spiro atoms. The molecular formula is C16H24O2. The molecule has 2 N–H and O–H groups in total. The van der Waals surface area contributed by atoms with Gasteiger partial charge in [0.1, 0.15) is 0 Å². The zero-order valence-corrected chi connectivity index (χ0v) is 11.5. The summed E-state index contributed by atoms with van der Waals surface area (Å²) in [5, 5.41) is 20.8. The summed E-state index contributed by atoms with van der Waals surface area (Å²) < 4.78 is 0. The number of fused-ring (bicyclic) bond motifs is 1. The van der Waals surface area contributed by atoms with Crippen molar-refractivity contribution in [2.75, 3.05) is 0 Å². The van der Waals surface area contributed by atoms with Crippen LogP contribution in [0, 0.1) is 28.6 Å². The second kappa shape index (κ2) is 3.71. The van der Waals surface area contributed by atoms with Crippen LogP contribution in [0.5, 0.6) is 0 Å². The molecule has 0 heterocycles. The van der Waals surface area contributed by atoms with Gasteiger partial charge in [0, 0.05) is 11.8 Å². The molecule has 2 heteroatoms. The molecule has 0 aromatic heterocycles. The zero-order chi connectivity index (χ0) is 13.1. The molecule has 4 rings (SSSR count). The van der Waals surface area contributed by atoms with E-state index in [2.05, 4.69) is 32.9 Å². The van der Waals surface area contributed by atoms with E-state index in [0.29, 0.717) is 5.92 Å². The van der Waals surface area contributed by atoms with E-state index in [4.69, 9.17) is 0 Å². The fourth-order valence-electron chi connectivity index (χ4n) is 4.76. The average molecular weight is 248 g/mol. The van der Waals surface area contributed by atoms with Crippen molar-refractivity contribution >= 4 is 0 Å². The summed E-state index contributed by atoms with van der Waals surface area (Å²) in [5.74, 6) is 0.833. The maximum atomic E-state index is 10.4. The van der Waals surface area contributed by atoms with Crippen molar-refractivity contribution in [3.05, 3.63) is 24.3 Å². The van der Waals surface area contributed by atoms with Gasteiger partial charge in [-0.1, -0.05) is 45.1 Å². The second-order valence-electron chi connectivity index (χ2n) is 7.02. The molecule has 4 aliphatic carbocycles. The molecule has 0 aromatic rings. The normalized spacial score (nSPS) is 53.9. The summed E-state index contributed by atoms with van der Waals surface area (Å²) in [4.78, 5) is 0. The van der Waals surface area contributed by atoms with Crippen LogP contribution in [-0.4, -0.2) is 22.4 Å². The highest BCUT2D eigenvalue weighted by molar-refractivity contribution is 5.28. The third-order valence-electron chi connectivity index (χ3n) is 5.96. The maximum Gasteiger partial charge on any atom is 0.0762 e. The van der Waals surface area contributed by atoms with Gasteiger partial charge in [0.15, 0.2) is 0 Å². The van der Waals surface area contributed by atoms with Crippen LogP contribution >= 0.6 is 0 Å². The molecule has 4 aliphatic rings. The summed E-state index contributed by atoms with van der Waals surface area (Å²) in [6.07, 6.45) is 9.69. The summed E-state index contributed by atoms with van der Waals surface area (Å²) in [6, 6.07) is 0. The molecule has 0 saturated heterocycles. The lowest BCUT2D eigenvalue weighted by atomic mass is 9.43. The van der Waals surface area contributed by atoms with E-state index in [-0.39, 0.29) is 22.7 Å². The molecule has 0 aromatic carbocycles. The molecule has 18 heavy (non-hydrogen) atoms. The summed E-state index contributed by atoms with van der Waals surface area (Å²) in [5.41, 5.74) is 0.111. The zero-order valence-electron chi connectivity index (χ0n) is 11.5. The second-order valence-corrected chi connectivity index (χ2v) is 7.02. The van der Waals surface area contributed by atoms with Crippen LogP contribution in [0.2, 0.25) is 0 Å². The van der Waals surface area contributed by atoms with Crippen molar-refractivity contribution in [1.82, 2.24) is 0 Å². The van der Waals surface area contributed by atoms with Gasteiger partial charge in [0.05, 0.1) is 12.2 Å². The van der Waals surface area contributed by atoms with E-state index in [1.165, 1.54) is 0 Å². The van der Waals surface area contributed by atoms with E-state index < -0.39 is 12.2 Å². The number of allylic oxidation sites excluding steroid dienone is 2. The molecule has 0 amide bonds. The quantitative estimate of drug-likeness (QED) is 0.700. The minimum Gasteiger partial charge on any atom is -0.389 e. The van der Waals surface area contributed by atoms with Crippen LogP contribution in [0.1, 0.15) is 33.6 Å². The fraction of sp³-hybridized carbons (Fsp3) is 0.750. The molecule has 2 bridgehead atoms. The van der Waals surface area contributed by atoms with Gasteiger partial charge in [-0.05, 0) is 29.6 Å². The Morgan fingerprint density at radius 2 is 1.61 bits per heavy atom. The van der Waals surface area contributed by atoms with Crippen molar-refractivity contribution in [2.24, 2.45) is 28.6 Å². The van der Waals surface area contributed by atoms with Crippen LogP contribution in [0.3, 0.4) is 0 Å². The van der Waals surface area contributed by atoms with Crippen molar-refractivity contribution in [3.8, 4) is 0 Å². The number of rotatable bonds is 1. The van der Waals surface area contributed by atoms with E-state index in [9.17, 15) is 10.2 Å². The molecular weight excluding hydrogens is 224 g/mol. The van der Waals surface area contributed by atoms with Gasteiger partial charge in [0.2, 0.25) is 0 Å². The first-order chi connectivity index (χ1) is 8.41. The van der Waals surface area contributed by atoms with Gasteiger partial charge >= 0.3 is 0 Å². The van der Waals surface area contributed by atoms with E-state index in [1.807, 2.05) is 0 Å². The predicted octanol–water partition coefficient (Wildman–Crippen LogP) is 2.52. The first-order valence-electron chi connectivity index (χ1n) is 7.15.